The lowest BCUT2D eigenvalue weighted by Gasteiger charge is -2.01. The number of aromatic nitrogens is 3. The predicted octanol–water partition coefficient (Wildman–Crippen LogP) is 2.70. The van der Waals surface area contributed by atoms with Crippen LogP contribution in [-0.4, -0.2) is 20.9 Å². The number of pyridine rings is 1. The summed E-state index contributed by atoms with van der Waals surface area (Å²) in [5.41, 5.74) is 2.66. The summed E-state index contributed by atoms with van der Waals surface area (Å²) in [5, 5.41) is 2.85. The van der Waals surface area contributed by atoms with Gasteiger partial charge in [-0.05, 0) is 30.0 Å². The van der Waals surface area contributed by atoms with Crippen LogP contribution < -0.4 is 5.32 Å². The number of carbonyl (C=O) groups excluding carboxylic acids is 1. The number of nitrogens with one attached hydrogen (secondary N) is 2. The number of rotatable bonds is 3. The van der Waals surface area contributed by atoms with Gasteiger partial charge in [0.2, 0.25) is 11.9 Å². The normalized spacial score (nSPS) is 20.4. The molecule has 1 saturated carbocycles. The largest absolute Gasteiger partial charge is 0.308 e. The van der Waals surface area contributed by atoms with E-state index >= 15 is 0 Å². The third-order valence-corrected chi connectivity index (χ3v) is 3.85. The van der Waals surface area contributed by atoms with E-state index in [0.29, 0.717) is 17.5 Å². The molecule has 2 heterocycles. The lowest BCUT2D eigenvalue weighted by Crippen LogP contribution is -2.15. The van der Waals surface area contributed by atoms with Gasteiger partial charge >= 0.3 is 0 Å². The van der Waals surface area contributed by atoms with Crippen molar-refractivity contribution in [1.29, 1.82) is 0 Å². The van der Waals surface area contributed by atoms with E-state index < -0.39 is 0 Å². The van der Waals surface area contributed by atoms with Crippen LogP contribution in [0.2, 0.25) is 0 Å². The predicted molar refractivity (Wildman–Crippen MR) is 79.8 cm³/mol. The topological polar surface area (TPSA) is 70.7 Å². The molecule has 3 aromatic rings. The van der Waals surface area contributed by atoms with Crippen molar-refractivity contribution in [2.75, 3.05) is 5.32 Å². The summed E-state index contributed by atoms with van der Waals surface area (Å²) in [5.74, 6) is 0.845. The Bertz CT molecular complexity index is 763. The highest BCUT2D eigenvalue weighted by atomic mass is 16.2. The van der Waals surface area contributed by atoms with Gasteiger partial charge in [-0.3, -0.25) is 10.1 Å². The Morgan fingerprint density at radius 3 is 2.86 bits per heavy atom. The molecule has 2 unspecified atom stereocenters. The first kappa shape index (κ1) is 12.1. The summed E-state index contributed by atoms with van der Waals surface area (Å²) in [6.07, 6.45) is 2.59. The van der Waals surface area contributed by atoms with Crippen LogP contribution >= 0.6 is 0 Å². The number of hydrogen-bond donors (Lipinski definition) is 2. The van der Waals surface area contributed by atoms with Crippen LogP contribution in [0.4, 0.5) is 5.95 Å². The number of amides is 1. The maximum absolute atomic E-state index is 12.2. The van der Waals surface area contributed by atoms with Crippen molar-refractivity contribution in [2.45, 2.75) is 12.3 Å². The van der Waals surface area contributed by atoms with Crippen LogP contribution in [0.25, 0.3) is 11.2 Å². The fourth-order valence-corrected chi connectivity index (χ4v) is 2.67. The van der Waals surface area contributed by atoms with Crippen molar-refractivity contribution in [3.05, 3.63) is 54.2 Å². The molecule has 5 nitrogen and oxygen atoms in total. The summed E-state index contributed by atoms with van der Waals surface area (Å²) in [6, 6.07) is 13.8. The average Bonchev–Trinajstić information content (AvgIpc) is 3.22. The molecule has 1 amide bonds. The highest BCUT2D eigenvalue weighted by molar-refractivity contribution is 5.94. The van der Waals surface area contributed by atoms with E-state index in [9.17, 15) is 4.79 Å². The Balaban J connectivity index is 1.47. The summed E-state index contributed by atoms with van der Waals surface area (Å²) < 4.78 is 0. The Morgan fingerprint density at radius 2 is 2.05 bits per heavy atom. The lowest BCUT2D eigenvalue weighted by atomic mass is 10.1. The highest BCUT2D eigenvalue weighted by Gasteiger charge is 2.44. The van der Waals surface area contributed by atoms with Crippen LogP contribution in [0.3, 0.4) is 0 Å². The van der Waals surface area contributed by atoms with Crippen molar-refractivity contribution in [2.24, 2.45) is 5.92 Å². The van der Waals surface area contributed by atoms with E-state index in [4.69, 9.17) is 0 Å². The number of imidazole rings is 1. The van der Waals surface area contributed by atoms with Crippen molar-refractivity contribution >= 4 is 23.0 Å². The molecular formula is C16H14N4O. The molecule has 1 fully saturated rings. The van der Waals surface area contributed by atoms with Crippen molar-refractivity contribution in [3.8, 4) is 0 Å². The van der Waals surface area contributed by atoms with E-state index in [1.807, 2.05) is 30.3 Å². The maximum atomic E-state index is 12.2. The Hall–Kier alpha value is -2.69. The Morgan fingerprint density at radius 1 is 1.19 bits per heavy atom. The standard InChI is InChI=1S/C16H14N4O/c21-15(12-9-11(12)10-5-2-1-3-6-10)20-16-18-13-7-4-8-17-14(13)19-16/h1-8,11-12H,9H2,(H2,17,18,19,20,21). The van der Waals surface area contributed by atoms with Crippen LogP contribution in [-0.2, 0) is 4.79 Å². The van der Waals surface area contributed by atoms with Gasteiger partial charge in [0.05, 0.1) is 0 Å². The van der Waals surface area contributed by atoms with Crippen LogP contribution in [0.5, 0.6) is 0 Å². The molecular weight excluding hydrogens is 264 g/mol. The van der Waals surface area contributed by atoms with Crippen molar-refractivity contribution in [1.82, 2.24) is 15.0 Å². The fraction of sp³-hybridized carbons (Fsp3) is 0.188. The van der Waals surface area contributed by atoms with Gasteiger partial charge in [0.25, 0.3) is 0 Å². The SMILES string of the molecule is O=C(Nc1nc2cccnc2[nH]1)C1CC1c1ccccc1. The third kappa shape index (κ3) is 2.27. The lowest BCUT2D eigenvalue weighted by molar-refractivity contribution is -0.117. The highest BCUT2D eigenvalue weighted by Crippen LogP contribution is 2.47. The van der Waals surface area contributed by atoms with Gasteiger partial charge in [-0.2, -0.15) is 0 Å². The van der Waals surface area contributed by atoms with Gasteiger partial charge in [0.15, 0.2) is 5.65 Å². The van der Waals surface area contributed by atoms with Crippen molar-refractivity contribution in [3.63, 3.8) is 0 Å². The van der Waals surface area contributed by atoms with E-state index in [0.717, 1.165) is 11.9 Å². The molecule has 1 aromatic carbocycles. The average molecular weight is 278 g/mol. The molecule has 5 heteroatoms. The Labute approximate surface area is 121 Å². The van der Waals surface area contributed by atoms with Gasteiger partial charge in [-0.15, -0.1) is 0 Å². The molecule has 0 bridgehead atoms. The first-order chi connectivity index (χ1) is 10.3. The summed E-state index contributed by atoms with van der Waals surface area (Å²) in [6.45, 7) is 0. The number of aromatic amines is 1. The molecule has 0 spiro atoms. The summed E-state index contributed by atoms with van der Waals surface area (Å²) in [7, 11) is 0. The van der Waals surface area contributed by atoms with Crippen LogP contribution in [0.1, 0.15) is 17.9 Å². The first-order valence-electron chi connectivity index (χ1n) is 6.98. The van der Waals surface area contributed by atoms with E-state index in [-0.39, 0.29) is 11.8 Å². The van der Waals surface area contributed by atoms with E-state index in [2.05, 4.69) is 32.4 Å². The number of hydrogen-bond acceptors (Lipinski definition) is 3. The van der Waals surface area contributed by atoms with E-state index in [1.165, 1.54) is 5.56 Å². The second-order valence-electron chi connectivity index (χ2n) is 5.31. The maximum Gasteiger partial charge on any atom is 0.230 e. The number of benzene rings is 1. The van der Waals surface area contributed by atoms with Gasteiger partial charge in [0.1, 0.15) is 5.52 Å². The molecule has 0 saturated heterocycles. The molecule has 104 valence electrons. The van der Waals surface area contributed by atoms with Gasteiger partial charge < -0.3 is 4.98 Å². The summed E-state index contributed by atoms with van der Waals surface area (Å²) in [4.78, 5) is 23.7. The van der Waals surface area contributed by atoms with Gasteiger partial charge in [0, 0.05) is 12.1 Å². The van der Waals surface area contributed by atoms with Crippen LogP contribution in [0.15, 0.2) is 48.7 Å². The second kappa shape index (κ2) is 4.70. The molecule has 0 radical (unpaired) electrons. The van der Waals surface area contributed by atoms with Gasteiger partial charge in [-0.25, -0.2) is 9.97 Å². The smallest absolute Gasteiger partial charge is 0.230 e. The monoisotopic (exact) mass is 278 g/mol. The zero-order valence-electron chi connectivity index (χ0n) is 11.3. The minimum atomic E-state index is 0.0166. The zero-order valence-corrected chi connectivity index (χ0v) is 11.3. The molecule has 1 aliphatic carbocycles. The minimum Gasteiger partial charge on any atom is -0.308 e. The molecule has 2 atom stereocenters. The molecule has 4 rings (SSSR count). The van der Waals surface area contributed by atoms with Gasteiger partial charge in [-0.1, -0.05) is 30.3 Å². The molecule has 21 heavy (non-hydrogen) atoms. The number of nitrogens with zero attached hydrogens (tertiary/aromatic N) is 2. The third-order valence-electron chi connectivity index (χ3n) is 3.85. The number of anilines is 1. The quantitative estimate of drug-likeness (QED) is 0.773. The molecule has 2 N–H and O–H groups in total. The number of fused-ring (bicyclic) bond motifs is 1. The first-order valence-corrected chi connectivity index (χ1v) is 6.98. The molecule has 0 aliphatic heterocycles. The Kier molecular flexibility index (Phi) is 2.70. The number of H-pyrrole nitrogens is 1. The minimum absolute atomic E-state index is 0.0166. The van der Waals surface area contributed by atoms with E-state index in [1.54, 1.807) is 6.20 Å². The zero-order chi connectivity index (χ0) is 14.2. The number of carbonyl (C=O) groups is 1. The van der Waals surface area contributed by atoms with Crippen molar-refractivity contribution < 1.29 is 4.79 Å². The summed E-state index contributed by atoms with van der Waals surface area (Å²) >= 11 is 0. The molecule has 1 aliphatic rings. The molecule has 2 aromatic heterocycles. The fourth-order valence-electron chi connectivity index (χ4n) is 2.67. The van der Waals surface area contributed by atoms with Crippen LogP contribution in [0, 0.1) is 5.92 Å². The second-order valence-corrected chi connectivity index (χ2v) is 5.31.